The number of pyridine rings is 1. The van der Waals surface area contributed by atoms with E-state index in [9.17, 15) is 14.0 Å². The van der Waals surface area contributed by atoms with Gasteiger partial charge in [-0.1, -0.05) is 6.07 Å². The first-order valence-corrected chi connectivity index (χ1v) is 9.36. The molecule has 5 rings (SSSR count). The zero-order valence-corrected chi connectivity index (χ0v) is 15.8. The van der Waals surface area contributed by atoms with Crippen molar-refractivity contribution in [3.05, 3.63) is 48.0 Å². The van der Waals surface area contributed by atoms with Crippen LogP contribution in [0.2, 0.25) is 0 Å². The molecule has 2 aliphatic heterocycles. The number of ether oxygens (including phenoxy) is 1. The first-order chi connectivity index (χ1) is 13.5. The maximum Gasteiger partial charge on any atom is 0.322 e. The molecule has 3 atom stereocenters. The monoisotopic (exact) mass is 383 g/mol. The number of aryl methyl sites for hydroxylation is 1. The van der Waals surface area contributed by atoms with Gasteiger partial charge in [0.15, 0.2) is 0 Å². The van der Waals surface area contributed by atoms with Crippen molar-refractivity contribution in [1.82, 2.24) is 9.88 Å². The molecule has 2 aromatic rings. The van der Waals surface area contributed by atoms with Crippen LogP contribution in [-0.4, -0.2) is 41.1 Å². The van der Waals surface area contributed by atoms with Gasteiger partial charge in [0.25, 0.3) is 0 Å². The highest BCUT2D eigenvalue weighted by Gasteiger charge is 2.52. The molecule has 3 fully saturated rings. The van der Waals surface area contributed by atoms with Crippen molar-refractivity contribution >= 4 is 17.7 Å². The van der Waals surface area contributed by atoms with Crippen LogP contribution in [0.1, 0.15) is 24.8 Å². The molecule has 1 aromatic heterocycles. The standard InChI is InChI=1S/C21H22FN3O3/c1-12-3-4-15(8-18(12)13-7-14(22)11-23-10-13)24-21(27)25-16-5-6-17(19(25)9-16)20(26)28-2/h3-4,7-8,10-11,16-17,19H,5-6,9H2,1-2H3,(H,24,27)/t16-,17-,19-/m1/s1. The molecule has 3 aliphatic rings. The minimum atomic E-state index is -0.409. The maximum absolute atomic E-state index is 13.5. The van der Waals surface area contributed by atoms with Gasteiger partial charge in [0.2, 0.25) is 0 Å². The molecule has 28 heavy (non-hydrogen) atoms. The molecule has 7 heteroatoms. The third-order valence-electron chi connectivity index (χ3n) is 5.78. The predicted molar refractivity (Wildman–Crippen MR) is 102 cm³/mol. The number of halogens is 1. The van der Waals surface area contributed by atoms with Gasteiger partial charge in [-0.3, -0.25) is 9.78 Å². The number of carbonyl (C=O) groups excluding carboxylic acids is 2. The Hall–Kier alpha value is -2.96. The fraction of sp³-hybridized carbons (Fsp3) is 0.381. The normalized spacial score (nSPS) is 23.0. The van der Waals surface area contributed by atoms with Crippen molar-refractivity contribution in [2.75, 3.05) is 12.4 Å². The first-order valence-electron chi connectivity index (χ1n) is 9.36. The Labute approximate surface area is 162 Å². The first kappa shape index (κ1) is 18.4. The number of nitrogens with one attached hydrogen (secondary N) is 1. The zero-order chi connectivity index (χ0) is 19.8. The predicted octanol–water partition coefficient (Wildman–Crippen LogP) is 3.75. The van der Waals surface area contributed by atoms with Crippen LogP contribution in [0.5, 0.6) is 0 Å². The minimum absolute atomic E-state index is 0.108. The lowest BCUT2D eigenvalue weighted by atomic mass is 9.72. The number of nitrogens with zero attached hydrogens (tertiary/aromatic N) is 2. The summed E-state index contributed by atoms with van der Waals surface area (Å²) in [5.74, 6) is -0.918. The molecule has 1 aromatic carbocycles. The van der Waals surface area contributed by atoms with Crippen molar-refractivity contribution in [2.45, 2.75) is 38.3 Å². The molecule has 0 radical (unpaired) electrons. The van der Waals surface area contributed by atoms with Gasteiger partial charge >= 0.3 is 12.0 Å². The van der Waals surface area contributed by atoms with Gasteiger partial charge in [-0.2, -0.15) is 0 Å². The molecule has 1 N–H and O–H groups in total. The van der Waals surface area contributed by atoms with E-state index in [2.05, 4.69) is 10.3 Å². The van der Waals surface area contributed by atoms with Gasteiger partial charge < -0.3 is 15.0 Å². The van der Waals surface area contributed by atoms with Crippen LogP contribution in [-0.2, 0) is 9.53 Å². The number of hydrogen-bond acceptors (Lipinski definition) is 4. The Balaban J connectivity index is 1.53. The Morgan fingerprint density at radius 1 is 1.25 bits per heavy atom. The number of esters is 1. The van der Waals surface area contributed by atoms with Crippen LogP contribution in [0.25, 0.3) is 11.1 Å². The highest BCUT2D eigenvalue weighted by Crippen LogP contribution is 2.42. The second kappa shape index (κ2) is 7.22. The largest absolute Gasteiger partial charge is 0.469 e. The fourth-order valence-electron chi connectivity index (χ4n) is 4.32. The number of urea groups is 1. The van der Waals surface area contributed by atoms with E-state index in [1.54, 1.807) is 11.1 Å². The second-order valence-corrected chi connectivity index (χ2v) is 7.42. The van der Waals surface area contributed by atoms with Gasteiger partial charge in [-0.15, -0.1) is 0 Å². The number of fused-ring (bicyclic) bond motifs is 2. The molecule has 6 nitrogen and oxygen atoms in total. The molecule has 146 valence electrons. The van der Waals surface area contributed by atoms with Crippen molar-refractivity contribution in [3.8, 4) is 11.1 Å². The van der Waals surface area contributed by atoms with Crippen LogP contribution in [0.3, 0.4) is 0 Å². The fourth-order valence-corrected chi connectivity index (χ4v) is 4.32. The third-order valence-corrected chi connectivity index (χ3v) is 5.78. The van der Waals surface area contributed by atoms with E-state index in [1.165, 1.54) is 13.2 Å². The number of benzene rings is 1. The maximum atomic E-state index is 13.5. The summed E-state index contributed by atoms with van der Waals surface area (Å²) in [7, 11) is 1.38. The lowest BCUT2D eigenvalue weighted by Gasteiger charge is -2.55. The van der Waals surface area contributed by atoms with E-state index >= 15 is 0 Å². The smallest absolute Gasteiger partial charge is 0.322 e. The minimum Gasteiger partial charge on any atom is -0.469 e. The number of methoxy groups -OCH3 is 1. The average molecular weight is 383 g/mol. The van der Waals surface area contributed by atoms with Crippen LogP contribution >= 0.6 is 0 Å². The molecule has 2 amide bonds. The van der Waals surface area contributed by atoms with Crippen LogP contribution < -0.4 is 5.32 Å². The molecule has 3 heterocycles. The molecule has 2 saturated heterocycles. The van der Waals surface area contributed by atoms with E-state index in [0.29, 0.717) is 11.3 Å². The lowest BCUT2D eigenvalue weighted by Crippen LogP contribution is -2.66. The lowest BCUT2D eigenvalue weighted by molar-refractivity contribution is -0.154. The second-order valence-electron chi connectivity index (χ2n) is 7.42. The van der Waals surface area contributed by atoms with Gasteiger partial charge in [-0.25, -0.2) is 9.18 Å². The molecular weight excluding hydrogens is 361 g/mol. The van der Waals surface area contributed by atoms with Crippen molar-refractivity contribution in [1.29, 1.82) is 0 Å². The summed E-state index contributed by atoms with van der Waals surface area (Å²) < 4.78 is 18.4. The summed E-state index contributed by atoms with van der Waals surface area (Å²) in [6.45, 7) is 1.92. The van der Waals surface area contributed by atoms with E-state index in [-0.39, 0.29) is 30.0 Å². The Bertz CT molecular complexity index is 931. The molecular formula is C21H22FN3O3. The van der Waals surface area contributed by atoms with Gasteiger partial charge in [0.05, 0.1) is 19.2 Å². The van der Waals surface area contributed by atoms with Crippen LogP contribution in [0.4, 0.5) is 14.9 Å². The zero-order valence-electron chi connectivity index (χ0n) is 15.8. The van der Waals surface area contributed by atoms with Gasteiger partial charge in [0, 0.05) is 29.5 Å². The highest BCUT2D eigenvalue weighted by atomic mass is 19.1. The van der Waals surface area contributed by atoms with E-state index in [1.807, 2.05) is 25.1 Å². The Morgan fingerprint density at radius 3 is 2.79 bits per heavy atom. The van der Waals surface area contributed by atoms with Crippen molar-refractivity contribution < 1.29 is 18.7 Å². The number of piperidine rings is 1. The van der Waals surface area contributed by atoms with Crippen LogP contribution in [0.15, 0.2) is 36.7 Å². The van der Waals surface area contributed by atoms with Gasteiger partial charge in [-0.05, 0) is 55.5 Å². The average Bonchev–Trinajstić information content (AvgIpc) is 2.68. The summed E-state index contributed by atoms with van der Waals surface area (Å²) in [5, 5.41) is 2.92. The Morgan fingerprint density at radius 2 is 2.07 bits per heavy atom. The number of anilines is 1. The van der Waals surface area contributed by atoms with E-state index in [0.717, 1.165) is 36.6 Å². The summed E-state index contributed by atoms with van der Waals surface area (Å²) in [4.78, 5) is 30.5. The van der Waals surface area contributed by atoms with Gasteiger partial charge in [0.1, 0.15) is 5.82 Å². The number of aromatic nitrogens is 1. The van der Waals surface area contributed by atoms with Crippen molar-refractivity contribution in [2.24, 2.45) is 5.92 Å². The molecule has 2 bridgehead atoms. The highest BCUT2D eigenvalue weighted by molar-refractivity contribution is 5.92. The third kappa shape index (κ3) is 3.21. The number of hydrogen-bond donors (Lipinski definition) is 1. The molecule has 0 unspecified atom stereocenters. The summed E-state index contributed by atoms with van der Waals surface area (Å²) in [5.41, 5.74) is 3.03. The van der Waals surface area contributed by atoms with E-state index in [4.69, 9.17) is 4.74 Å². The summed E-state index contributed by atoms with van der Waals surface area (Å²) in [6.07, 6.45) is 5.15. The molecule has 1 aliphatic carbocycles. The summed E-state index contributed by atoms with van der Waals surface area (Å²) >= 11 is 0. The number of carbonyl (C=O) groups is 2. The topological polar surface area (TPSA) is 71.5 Å². The Kier molecular flexibility index (Phi) is 4.75. The number of rotatable bonds is 3. The van der Waals surface area contributed by atoms with Crippen LogP contribution in [0, 0.1) is 18.7 Å². The molecule has 1 saturated carbocycles. The summed E-state index contributed by atoms with van der Waals surface area (Å²) in [6, 6.07) is 6.77. The van der Waals surface area contributed by atoms with Crippen molar-refractivity contribution in [3.63, 3.8) is 0 Å². The SMILES string of the molecule is COC(=O)[C@@H]1CC[C@@H]2C[C@H]1N2C(=O)Nc1ccc(C)c(-c2cncc(F)c2)c1. The van der Waals surface area contributed by atoms with E-state index < -0.39 is 5.82 Å². The quantitative estimate of drug-likeness (QED) is 0.820. The number of amides is 2. The molecule has 0 spiro atoms.